The summed E-state index contributed by atoms with van der Waals surface area (Å²) < 4.78 is 19.5. The molecule has 1 unspecified atom stereocenters. The molecule has 2 heterocycles. The van der Waals surface area contributed by atoms with Gasteiger partial charge in [0.1, 0.15) is 11.6 Å². The third-order valence-corrected chi connectivity index (χ3v) is 6.59. The van der Waals surface area contributed by atoms with Gasteiger partial charge in [-0.3, -0.25) is 9.69 Å². The number of benzene rings is 2. The third kappa shape index (κ3) is 4.71. The second-order valence-electron chi connectivity index (χ2n) is 9.29. The molecule has 2 aromatic carbocycles. The van der Waals surface area contributed by atoms with Crippen LogP contribution in [0.5, 0.6) is 5.75 Å². The molecule has 0 radical (unpaired) electrons. The first-order chi connectivity index (χ1) is 14.8. The number of carbonyl (C=O) groups is 1. The summed E-state index contributed by atoms with van der Waals surface area (Å²) in [4.78, 5) is 19.7. The van der Waals surface area contributed by atoms with Gasteiger partial charge in [-0.2, -0.15) is 0 Å². The summed E-state index contributed by atoms with van der Waals surface area (Å²) in [6.07, 6.45) is 0.903. The van der Waals surface area contributed by atoms with Gasteiger partial charge in [0.05, 0.1) is 19.3 Å². The maximum absolute atomic E-state index is 14.1. The number of amides is 1. The van der Waals surface area contributed by atoms with Crippen LogP contribution < -0.4 is 14.5 Å². The van der Waals surface area contributed by atoms with E-state index in [1.165, 1.54) is 6.07 Å². The molecule has 4 rings (SSSR count). The van der Waals surface area contributed by atoms with Crippen LogP contribution in [0.15, 0.2) is 42.5 Å². The van der Waals surface area contributed by atoms with Crippen molar-refractivity contribution in [2.45, 2.75) is 38.6 Å². The number of para-hydroxylation sites is 1. The highest BCUT2D eigenvalue weighted by Crippen LogP contribution is 2.44. The molecule has 2 aliphatic rings. The molecule has 2 aliphatic heterocycles. The number of ether oxygens (including phenoxy) is 1. The van der Waals surface area contributed by atoms with Crippen LogP contribution in [-0.4, -0.2) is 56.2 Å². The molecule has 1 fully saturated rings. The monoisotopic (exact) mass is 461 g/mol. The fourth-order valence-corrected chi connectivity index (χ4v) is 5.12. The number of anilines is 2. The van der Waals surface area contributed by atoms with Crippen molar-refractivity contribution in [1.82, 2.24) is 4.90 Å². The zero-order chi connectivity index (χ0) is 22.2. The second kappa shape index (κ2) is 9.67. The van der Waals surface area contributed by atoms with Gasteiger partial charge < -0.3 is 14.5 Å². The van der Waals surface area contributed by atoms with Crippen LogP contribution in [-0.2, 0) is 4.79 Å². The van der Waals surface area contributed by atoms with Crippen LogP contribution >= 0.6 is 12.4 Å². The van der Waals surface area contributed by atoms with Crippen LogP contribution in [0.25, 0.3) is 0 Å². The van der Waals surface area contributed by atoms with Crippen LogP contribution in [0.1, 0.15) is 38.7 Å². The first kappa shape index (κ1) is 24.3. The molecule has 1 saturated heterocycles. The predicted molar refractivity (Wildman–Crippen MR) is 130 cm³/mol. The highest BCUT2D eigenvalue weighted by molar-refractivity contribution is 5.97. The van der Waals surface area contributed by atoms with Crippen LogP contribution in [0, 0.1) is 5.82 Å². The molecule has 1 amide bonds. The molecule has 5 nitrogen and oxygen atoms in total. The molecule has 0 spiro atoms. The lowest BCUT2D eigenvalue weighted by molar-refractivity contribution is -0.121. The molecule has 0 N–H and O–H groups in total. The van der Waals surface area contributed by atoms with Crippen molar-refractivity contribution in [2.75, 3.05) is 49.6 Å². The van der Waals surface area contributed by atoms with E-state index in [4.69, 9.17) is 4.74 Å². The van der Waals surface area contributed by atoms with E-state index in [-0.39, 0.29) is 29.7 Å². The van der Waals surface area contributed by atoms with Gasteiger partial charge in [-0.15, -0.1) is 12.4 Å². The van der Waals surface area contributed by atoms with Crippen molar-refractivity contribution < 1.29 is 13.9 Å². The van der Waals surface area contributed by atoms with E-state index in [0.717, 1.165) is 36.5 Å². The van der Waals surface area contributed by atoms with Crippen molar-refractivity contribution in [1.29, 1.82) is 0 Å². The van der Waals surface area contributed by atoms with Gasteiger partial charge in [0.15, 0.2) is 0 Å². The average Bonchev–Trinajstić information content (AvgIpc) is 2.74. The maximum Gasteiger partial charge on any atom is 0.241 e. The zero-order valence-electron chi connectivity index (χ0n) is 19.3. The summed E-state index contributed by atoms with van der Waals surface area (Å²) in [7, 11) is 1.67. The first-order valence-corrected chi connectivity index (χ1v) is 11.0. The van der Waals surface area contributed by atoms with Gasteiger partial charge in [-0.05, 0) is 62.1 Å². The molecule has 0 aliphatic carbocycles. The van der Waals surface area contributed by atoms with Gasteiger partial charge in [0, 0.05) is 37.4 Å². The smallest absolute Gasteiger partial charge is 0.241 e. The van der Waals surface area contributed by atoms with Gasteiger partial charge in [-0.25, -0.2) is 4.39 Å². The number of carbonyl (C=O) groups excluding carboxylic acids is 1. The molecule has 32 heavy (non-hydrogen) atoms. The summed E-state index contributed by atoms with van der Waals surface area (Å²) in [5.41, 5.74) is 2.53. The van der Waals surface area contributed by atoms with Gasteiger partial charge in [0.2, 0.25) is 5.91 Å². The minimum Gasteiger partial charge on any atom is -0.497 e. The molecule has 0 saturated carbocycles. The maximum atomic E-state index is 14.1. The number of halogens is 2. The molecule has 1 atom stereocenters. The Bertz CT molecular complexity index is 960. The van der Waals surface area contributed by atoms with Crippen molar-refractivity contribution in [3.8, 4) is 5.75 Å². The summed E-state index contributed by atoms with van der Waals surface area (Å²) >= 11 is 0. The topological polar surface area (TPSA) is 36.0 Å². The number of nitrogens with zero attached hydrogens (tertiary/aromatic N) is 3. The number of fused-ring (bicyclic) bond motifs is 1. The average molecular weight is 462 g/mol. The summed E-state index contributed by atoms with van der Waals surface area (Å²) in [5, 5.41) is 0. The third-order valence-electron chi connectivity index (χ3n) is 6.59. The summed E-state index contributed by atoms with van der Waals surface area (Å²) in [5.74, 6) is 1.10. The predicted octanol–water partition coefficient (Wildman–Crippen LogP) is 4.70. The lowest BCUT2D eigenvalue weighted by Gasteiger charge is -2.47. The first-order valence-electron chi connectivity index (χ1n) is 11.0. The molecular weight excluding hydrogens is 429 g/mol. The lowest BCUT2D eigenvalue weighted by atomic mass is 9.80. The van der Waals surface area contributed by atoms with E-state index in [9.17, 15) is 9.18 Å². The molecular formula is C25H33ClFN3O2. The fraction of sp³-hybridized carbons (Fsp3) is 0.480. The largest absolute Gasteiger partial charge is 0.497 e. The Labute approximate surface area is 196 Å². The van der Waals surface area contributed by atoms with Crippen LogP contribution in [0.4, 0.5) is 15.8 Å². The number of piperazine rings is 1. The van der Waals surface area contributed by atoms with E-state index < -0.39 is 0 Å². The Morgan fingerprint density at radius 2 is 1.78 bits per heavy atom. The number of methoxy groups -OCH3 is 1. The summed E-state index contributed by atoms with van der Waals surface area (Å²) in [6, 6.07) is 12.9. The highest BCUT2D eigenvalue weighted by Gasteiger charge is 2.40. The molecule has 7 heteroatoms. The fourth-order valence-electron chi connectivity index (χ4n) is 5.12. The Kier molecular flexibility index (Phi) is 7.36. The number of rotatable bonds is 4. The van der Waals surface area contributed by atoms with Crippen LogP contribution in [0.3, 0.4) is 0 Å². The van der Waals surface area contributed by atoms with Crippen LogP contribution in [0.2, 0.25) is 0 Å². The quantitative estimate of drug-likeness (QED) is 0.661. The molecule has 174 valence electrons. The standard InChI is InChI=1S/C25H32FN3O2.ClH/c1-18-16-25(2,3)29(22-10-9-19(31-4)15-20(18)22)24(30)17-27-11-13-28(14-12-27)23-8-6-5-7-21(23)26;/h5-10,15,18H,11-14,16-17H2,1-4H3;1H. The van der Waals surface area contributed by atoms with Gasteiger partial charge in [0.25, 0.3) is 0 Å². The molecule has 2 aromatic rings. The van der Waals surface area contributed by atoms with Crippen molar-refractivity contribution in [3.63, 3.8) is 0 Å². The lowest BCUT2D eigenvalue weighted by Crippen LogP contribution is -2.56. The Morgan fingerprint density at radius 3 is 2.44 bits per heavy atom. The van der Waals surface area contributed by atoms with Crippen molar-refractivity contribution >= 4 is 29.7 Å². The molecule has 0 bridgehead atoms. The minimum atomic E-state index is -0.257. The Hall–Kier alpha value is -2.31. The number of hydrogen-bond acceptors (Lipinski definition) is 4. The van der Waals surface area contributed by atoms with E-state index in [0.29, 0.717) is 31.2 Å². The van der Waals surface area contributed by atoms with E-state index in [2.05, 4.69) is 36.6 Å². The van der Waals surface area contributed by atoms with E-state index in [1.54, 1.807) is 13.2 Å². The van der Waals surface area contributed by atoms with E-state index >= 15 is 0 Å². The normalized spacial score (nSPS) is 20.3. The summed E-state index contributed by atoms with van der Waals surface area (Å²) in [6.45, 7) is 9.76. The number of hydrogen-bond donors (Lipinski definition) is 0. The molecule has 0 aromatic heterocycles. The highest BCUT2D eigenvalue weighted by atomic mass is 35.5. The van der Waals surface area contributed by atoms with Crippen molar-refractivity contribution in [3.05, 3.63) is 53.8 Å². The second-order valence-corrected chi connectivity index (χ2v) is 9.29. The van der Waals surface area contributed by atoms with Gasteiger partial charge in [-0.1, -0.05) is 19.1 Å². The van der Waals surface area contributed by atoms with Crippen molar-refractivity contribution in [2.24, 2.45) is 0 Å². The SMILES string of the molecule is COc1ccc2c(c1)C(C)CC(C)(C)N2C(=O)CN1CCN(c2ccccc2F)CC1.Cl. The Balaban J connectivity index is 0.00000289. The van der Waals surface area contributed by atoms with Gasteiger partial charge >= 0.3 is 0 Å². The zero-order valence-corrected chi connectivity index (χ0v) is 20.1. The van der Waals surface area contributed by atoms with E-state index in [1.807, 2.05) is 29.2 Å². The minimum absolute atomic E-state index is 0. The Morgan fingerprint density at radius 1 is 1.09 bits per heavy atom.